The lowest BCUT2D eigenvalue weighted by Crippen LogP contribution is -1.94. The second-order valence-electron chi connectivity index (χ2n) is 6.27. The molecule has 0 saturated carbocycles. The third-order valence-corrected chi connectivity index (χ3v) is 4.08. The van der Waals surface area contributed by atoms with E-state index in [1.54, 1.807) is 0 Å². The molecule has 0 bridgehead atoms. The third-order valence-electron chi connectivity index (χ3n) is 4.08. The molecule has 0 aliphatic rings. The Balaban J connectivity index is 2.95. The van der Waals surface area contributed by atoms with Crippen molar-refractivity contribution in [2.75, 3.05) is 0 Å². The summed E-state index contributed by atoms with van der Waals surface area (Å²) in [7, 11) is 0. The van der Waals surface area contributed by atoms with Gasteiger partial charge in [0.15, 0.2) is 0 Å². The van der Waals surface area contributed by atoms with Crippen molar-refractivity contribution in [2.24, 2.45) is 0 Å². The van der Waals surface area contributed by atoms with Crippen molar-refractivity contribution in [3.05, 3.63) is 6.42 Å². The van der Waals surface area contributed by atoms with E-state index < -0.39 is 5.97 Å². The number of carboxylic acids is 1. The standard InChI is InChI=1S/C19H37O2/c1-2-3-4-5-6-7-8-9-10-11-12-13-14-15-16-17-18-19(20)21/h17H,2-16,18H2,1H3,(H,20,21). The van der Waals surface area contributed by atoms with Gasteiger partial charge in [-0.15, -0.1) is 0 Å². The zero-order valence-electron chi connectivity index (χ0n) is 14.2. The van der Waals surface area contributed by atoms with Gasteiger partial charge >= 0.3 is 5.97 Å². The van der Waals surface area contributed by atoms with Crippen molar-refractivity contribution in [3.8, 4) is 0 Å². The zero-order valence-corrected chi connectivity index (χ0v) is 14.2. The van der Waals surface area contributed by atoms with Crippen molar-refractivity contribution in [1.29, 1.82) is 0 Å². The molecule has 1 N–H and O–H groups in total. The lowest BCUT2D eigenvalue weighted by atomic mass is 10.0. The fraction of sp³-hybridized carbons (Fsp3) is 0.895. The SMILES string of the molecule is CCCCCCCCCCCCCCCC[CH]CC(=O)O. The van der Waals surface area contributed by atoms with Crippen LogP contribution in [0.4, 0.5) is 0 Å². The van der Waals surface area contributed by atoms with Gasteiger partial charge in [-0.05, 0) is 12.8 Å². The van der Waals surface area contributed by atoms with Crippen LogP contribution in [0.2, 0.25) is 0 Å². The molecule has 0 amide bonds. The Hall–Kier alpha value is -0.530. The summed E-state index contributed by atoms with van der Waals surface area (Å²) in [6.07, 6.45) is 22.3. The number of hydrogen-bond donors (Lipinski definition) is 1. The van der Waals surface area contributed by atoms with E-state index in [4.69, 9.17) is 5.11 Å². The quantitative estimate of drug-likeness (QED) is 0.310. The molecule has 0 aliphatic carbocycles. The van der Waals surface area contributed by atoms with Gasteiger partial charge in [0.25, 0.3) is 0 Å². The molecule has 1 radical (unpaired) electrons. The largest absolute Gasteiger partial charge is 0.481 e. The summed E-state index contributed by atoms with van der Waals surface area (Å²) in [5.74, 6) is -0.708. The Bertz CT molecular complexity index is 214. The molecule has 0 unspecified atom stereocenters. The van der Waals surface area contributed by atoms with E-state index in [-0.39, 0.29) is 6.42 Å². The smallest absolute Gasteiger partial charge is 0.303 e. The molecule has 2 nitrogen and oxygen atoms in total. The summed E-state index contributed by atoms with van der Waals surface area (Å²) in [5, 5.41) is 8.50. The molecule has 125 valence electrons. The summed E-state index contributed by atoms with van der Waals surface area (Å²) in [5.41, 5.74) is 0. The minimum Gasteiger partial charge on any atom is -0.481 e. The molecule has 0 heterocycles. The van der Waals surface area contributed by atoms with Crippen LogP contribution in [0.1, 0.15) is 110 Å². The average molecular weight is 298 g/mol. The highest BCUT2D eigenvalue weighted by molar-refractivity contribution is 5.67. The minimum absolute atomic E-state index is 0.221. The Morgan fingerprint density at radius 3 is 1.48 bits per heavy atom. The van der Waals surface area contributed by atoms with Crippen LogP contribution < -0.4 is 0 Å². The Morgan fingerprint density at radius 1 is 0.714 bits per heavy atom. The molecular formula is C19H37O2. The molecule has 0 atom stereocenters. The second-order valence-corrected chi connectivity index (χ2v) is 6.27. The van der Waals surface area contributed by atoms with Gasteiger partial charge in [0.1, 0.15) is 0 Å². The highest BCUT2D eigenvalue weighted by atomic mass is 16.4. The van der Waals surface area contributed by atoms with Gasteiger partial charge in [-0.1, -0.05) is 96.8 Å². The molecule has 0 aromatic rings. The number of rotatable bonds is 17. The molecule has 0 aromatic heterocycles. The molecular weight excluding hydrogens is 260 g/mol. The molecule has 0 rings (SSSR count). The molecule has 21 heavy (non-hydrogen) atoms. The van der Waals surface area contributed by atoms with Gasteiger partial charge in [-0.3, -0.25) is 4.79 Å². The Kier molecular flexibility index (Phi) is 17.1. The molecule has 0 spiro atoms. The summed E-state index contributed by atoms with van der Waals surface area (Å²) in [4.78, 5) is 10.3. The first-order chi connectivity index (χ1) is 10.3. The van der Waals surface area contributed by atoms with Crippen molar-refractivity contribution in [3.63, 3.8) is 0 Å². The topological polar surface area (TPSA) is 37.3 Å². The summed E-state index contributed by atoms with van der Waals surface area (Å²) in [6, 6.07) is 0. The van der Waals surface area contributed by atoms with Crippen LogP contribution in [-0.4, -0.2) is 11.1 Å². The van der Waals surface area contributed by atoms with E-state index >= 15 is 0 Å². The van der Waals surface area contributed by atoms with Gasteiger partial charge < -0.3 is 5.11 Å². The van der Waals surface area contributed by atoms with Gasteiger partial charge in [0, 0.05) is 6.42 Å². The van der Waals surface area contributed by atoms with Crippen LogP contribution in [-0.2, 0) is 4.79 Å². The van der Waals surface area contributed by atoms with Crippen molar-refractivity contribution < 1.29 is 9.90 Å². The molecule has 0 aliphatic heterocycles. The van der Waals surface area contributed by atoms with Crippen LogP contribution in [0.15, 0.2) is 0 Å². The third kappa shape index (κ3) is 19.5. The first-order valence-corrected chi connectivity index (χ1v) is 9.30. The van der Waals surface area contributed by atoms with Crippen LogP contribution in [0.5, 0.6) is 0 Å². The summed E-state index contributed by atoms with van der Waals surface area (Å²) < 4.78 is 0. The minimum atomic E-state index is -0.708. The van der Waals surface area contributed by atoms with Crippen LogP contribution in [0.25, 0.3) is 0 Å². The molecule has 0 saturated heterocycles. The maximum absolute atomic E-state index is 10.3. The van der Waals surface area contributed by atoms with Crippen LogP contribution >= 0.6 is 0 Å². The number of aliphatic carboxylic acids is 1. The van der Waals surface area contributed by atoms with Crippen molar-refractivity contribution in [1.82, 2.24) is 0 Å². The van der Waals surface area contributed by atoms with Crippen LogP contribution in [0.3, 0.4) is 0 Å². The van der Waals surface area contributed by atoms with E-state index in [0.29, 0.717) is 0 Å². The van der Waals surface area contributed by atoms with Crippen molar-refractivity contribution >= 4 is 5.97 Å². The zero-order chi connectivity index (χ0) is 15.6. The number of carbonyl (C=O) groups is 1. The predicted molar refractivity (Wildman–Crippen MR) is 91.5 cm³/mol. The molecule has 2 heteroatoms. The number of unbranched alkanes of at least 4 members (excludes halogenated alkanes) is 15. The highest BCUT2D eigenvalue weighted by Crippen LogP contribution is 2.13. The van der Waals surface area contributed by atoms with E-state index in [9.17, 15) is 4.79 Å². The highest BCUT2D eigenvalue weighted by Gasteiger charge is 1.97. The van der Waals surface area contributed by atoms with Gasteiger partial charge in [0.2, 0.25) is 0 Å². The average Bonchev–Trinajstić information content (AvgIpc) is 2.46. The van der Waals surface area contributed by atoms with E-state index in [2.05, 4.69) is 6.92 Å². The fourth-order valence-corrected chi connectivity index (χ4v) is 2.71. The van der Waals surface area contributed by atoms with Crippen molar-refractivity contribution in [2.45, 2.75) is 110 Å². The van der Waals surface area contributed by atoms with Gasteiger partial charge in [-0.25, -0.2) is 0 Å². The van der Waals surface area contributed by atoms with E-state index in [0.717, 1.165) is 12.8 Å². The first kappa shape index (κ1) is 20.5. The molecule has 0 fully saturated rings. The second kappa shape index (κ2) is 17.5. The van der Waals surface area contributed by atoms with Gasteiger partial charge in [0.05, 0.1) is 0 Å². The molecule has 0 aromatic carbocycles. The predicted octanol–water partition coefficient (Wildman–Crippen LogP) is 6.54. The normalized spacial score (nSPS) is 10.9. The number of hydrogen-bond acceptors (Lipinski definition) is 1. The number of carboxylic acid groups (broad SMARTS) is 1. The van der Waals surface area contributed by atoms with Crippen LogP contribution in [0, 0.1) is 6.42 Å². The Morgan fingerprint density at radius 2 is 1.10 bits per heavy atom. The summed E-state index contributed by atoms with van der Waals surface area (Å²) >= 11 is 0. The maximum Gasteiger partial charge on any atom is 0.303 e. The fourth-order valence-electron chi connectivity index (χ4n) is 2.71. The maximum atomic E-state index is 10.3. The lowest BCUT2D eigenvalue weighted by molar-refractivity contribution is -0.136. The van der Waals surface area contributed by atoms with Gasteiger partial charge in [-0.2, -0.15) is 0 Å². The lowest BCUT2D eigenvalue weighted by Gasteiger charge is -2.03. The summed E-state index contributed by atoms with van der Waals surface area (Å²) in [6.45, 7) is 2.27. The monoisotopic (exact) mass is 297 g/mol. The first-order valence-electron chi connectivity index (χ1n) is 9.30. The van der Waals surface area contributed by atoms with E-state index in [1.165, 1.54) is 83.5 Å². The van der Waals surface area contributed by atoms with E-state index in [1.807, 2.05) is 6.42 Å². The Labute approximate surface area is 132 Å².